The zero-order valence-corrected chi connectivity index (χ0v) is 11.9. The highest BCUT2D eigenvalue weighted by atomic mass is 16.5. The van der Waals surface area contributed by atoms with E-state index in [-0.39, 0.29) is 17.7 Å². The van der Waals surface area contributed by atoms with E-state index in [1.54, 1.807) is 0 Å². The molecule has 1 spiro atoms. The predicted octanol–water partition coefficient (Wildman–Crippen LogP) is 0.825. The monoisotopic (exact) mass is 277 g/mol. The third-order valence-corrected chi connectivity index (χ3v) is 5.05. The number of carbonyl (C=O) groups excluding carboxylic acids is 1. The van der Waals surface area contributed by atoms with E-state index in [1.165, 1.54) is 0 Å². The molecule has 20 heavy (non-hydrogen) atoms. The van der Waals surface area contributed by atoms with Gasteiger partial charge in [-0.15, -0.1) is 0 Å². The van der Waals surface area contributed by atoms with E-state index in [2.05, 4.69) is 10.1 Å². The van der Waals surface area contributed by atoms with Crippen molar-refractivity contribution in [3.05, 3.63) is 17.0 Å². The highest BCUT2D eigenvalue weighted by Gasteiger charge is 2.61. The standard InChI is InChI=1S/C14H19N3O3/c1-9-11(10(2)20-15-9)8-16-4-3-14-12(16)7-13(18)17(14)5-6-19-14/h12H,3-8H2,1-2H3/t12-,14+/m1/s1. The van der Waals surface area contributed by atoms with Crippen molar-refractivity contribution in [1.29, 1.82) is 0 Å². The molecular weight excluding hydrogens is 258 g/mol. The first kappa shape index (κ1) is 12.3. The summed E-state index contributed by atoms with van der Waals surface area (Å²) < 4.78 is 11.2. The third-order valence-electron chi connectivity index (χ3n) is 5.05. The molecule has 0 bridgehead atoms. The molecule has 0 unspecified atom stereocenters. The van der Waals surface area contributed by atoms with Gasteiger partial charge in [0.25, 0.3) is 0 Å². The molecule has 4 rings (SSSR count). The molecule has 0 N–H and O–H groups in total. The molecule has 3 fully saturated rings. The fourth-order valence-corrected chi connectivity index (χ4v) is 4.00. The lowest BCUT2D eigenvalue weighted by Crippen LogP contribution is -2.47. The average molecular weight is 277 g/mol. The minimum absolute atomic E-state index is 0.172. The van der Waals surface area contributed by atoms with Crippen LogP contribution in [-0.4, -0.2) is 52.3 Å². The second-order valence-electron chi connectivity index (χ2n) is 5.98. The Hall–Kier alpha value is -1.40. The maximum absolute atomic E-state index is 12.1. The molecule has 108 valence electrons. The van der Waals surface area contributed by atoms with Gasteiger partial charge in [0.15, 0.2) is 5.72 Å². The smallest absolute Gasteiger partial charge is 0.226 e. The summed E-state index contributed by atoms with van der Waals surface area (Å²) >= 11 is 0. The Bertz CT molecular complexity index is 551. The molecule has 1 aromatic heterocycles. The van der Waals surface area contributed by atoms with Gasteiger partial charge in [0.1, 0.15) is 5.76 Å². The van der Waals surface area contributed by atoms with Gasteiger partial charge in [-0.1, -0.05) is 5.16 Å². The van der Waals surface area contributed by atoms with Crippen LogP contribution in [0.15, 0.2) is 4.52 Å². The first-order valence-corrected chi connectivity index (χ1v) is 7.22. The quantitative estimate of drug-likeness (QED) is 0.801. The topological polar surface area (TPSA) is 58.8 Å². The number of nitrogens with zero attached hydrogens (tertiary/aromatic N) is 3. The number of carbonyl (C=O) groups is 1. The van der Waals surface area contributed by atoms with Crippen LogP contribution in [0.25, 0.3) is 0 Å². The SMILES string of the molecule is Cc1noc(C)c1CN1CC[C@@]23OCCN2C(=O)C[C@@H]13. The van der Waals surface area contributed by atoms with E-state index in [4.69, 9.17) is 9.26 Å². The molecule has 0 aliphatic carbocycles. The Labute approximate surface area is 117 Å². The van der Waals surface area contributed by atoms with Gasteiger partial charge >= 0.3 is 0 Å². The maximum Gasteiger partial charge on any atom is 0.226 e. The zero-order valence-electron chi connectivity index (χ0n) is 11.9. The second kappa shape index (κ2) is 4.05. The van der Waals surface area contributed by atoms with Gasteiger partial charge in [0.05, 0.1) is 18.3 Å². The molecule has 0 aromatic carbocycles. The van der Waals surface area contributed by atoms with Crippen molar-refractivity contribution in [3.63, 3.8) is 0 Å². The van der Waals surface area contributed by atoms with E-state index >= 15 is 0 Å². The first-order valence-electron chi connectivity index (χ1n) is 7.22. The van der Waals surface area contributed by atoms with Crippen molar-refractivity contribution in [2.45, 2.75) is 45.0 Å². The summed E-state index contributed by atoms with van der Waals surface area (Å²) in [5.41, 5.74) is 1.73. The van der Waals surface area contributed by atoms with Crippen LogP contribution in [0.4, 0.5) is 0 Å². The van der Waals surface area contributed by atoms with Crippen molar-refractivity contribution < 1.29 is 14.1 Å². The van der Waals surface area contributed by atoms with Gasteiger partial charge in [-0.05, 0) is 13.8 Å². The average Bonchev–Trinajstić information content (AvgIpc) is 3.11. The molecule has 4 heterocycles. The molecule has 0 saturated carbocycles. The first-order chi connectivity index (χ1) is 9.62. The number of hydrogen-bond donors (Lipinski definition) is 0. The normalized spacial score (nSPS) is 33.0. The Morgan fingerprint density at radius 2 is 2.25 bits per heavy atom. The van der Waals surface area contributed by atoms with E-state index in [1.807, 2.05) is 18.7 Å². The summed E-state index contributed by atoms with van der Waals surface area (Å²) in [5.74, 6) is 1.10. The van der Waals surface area contributed by atoms with Gasteiger partial charge in [0, 0.05) is 38.0 Å². The van der Waals surface area contributed by atoms with Gasteiger partial charge < -0.3 is 14.2 Å². The van der Waals surface area contributed by atoms with Gasteiger partial charge in [-0.3, -0.25) is 9.69 Å². The van der Waals surface area contributed by atoms with E-state index < -0.39 is 0 Å². The molecule has 2 atom stereocenters. The molecule has 1 amide bonds. The number of aromatic nitrogens is 1. The lowest BCUT2D eigenvalue weighted by Gasteiger charge is -2.31. The number of rotatable bonds is 2. The molecule has 0 radical (unpaired) electrons. The zero-order chi connectivity index (χ0) is 13.9. The van der Waals surface area contributed by atoms with Crippen molar-refractivity contribution in [2.24, 2.45) is 0 Å². The summed E-state index contributed by atoms with van der Waals surface area (Å²) in [6, 6.07) is 0.172. The Morgan fingerprint density at radius 1 is 1.40 bits per heavy atom. The number of likely N-dealkylation sites (tertiary alicyclic amines) is 1. The maximum atomic E-state index is 12.1. The number of ether oxygens (including phenoxy) is 1. The van der Waals surface area contributed by atoms with Crippen LogP contribution in [0.3, 0.4) is 0 Å². The highest BCUT2D eigenvalue weighted by Crippen LogP contribution is 2.46. The minimum atomic E-state index is -0.351. The largest absolute Gasteiger partial charge is 0.361 e. The van der Waals surface area contributed by atoms with Crippen LogP contribution in [0.1, 0.15) is 29.9 Å². The van der Waals surface area contributed by atoms with Crippen LogP contribution in [0, 0.1) is 13.8 Å². The number of hydrogen-bond acceptors (Lipinski definition) is 5. The summed E-state index contributed by atoms with van der Waals surface area (Å²) in [6.07, 6.45) is 1.48. The van der Waals surface area contributed by atoms with E-state index in [0.717, 1.165) is 43.1 Å². The fourth-order valence-electron chi connectivity index (χ4n) is 4.00. The number of amides is 1. The fraction of sp³-hybridized carbons (Fsp3) is 0.714. The van der Waals surface area contributed by atoms with E-state index in [9.17, 15) is 4.79 Å². The molecule has 6 heteroatoms. The van der Waals surface area contributed by atoms with Crippen LogP contribution >= 0.6 is 0 Å². The van der Waals surface area contributed by atoms with Gasteiger partial charge in [-0.2, -0.15) is 0 Å². The van der Waals surface area contributed by atoms with Crippen molar-refractivity contribution >= 4 is 5.91 Å². The molecule has 3 aliphatic heterocycles. The molecular formula is C14H19N3O3. The summed E-state index contributed by atoms with van der Waals surface area (Å²) in [4.78, 5) is 16.4. The third kappa shape index (κ3) is 1.46. The molecule has 3 saturated heterocycles. The summed E-state index contributed by atoms with van der Waals surface area (Å²) in [5, 5.41) is 4.01. The molecule has 6 nitrogen and oxygen atoms in total. The van der Waals surface area contributed by atoms with Crippen LogP contribution < -0.4 is 0 Å². The minimum Gasteiger partial charge on any atom is -0.361 e. The van der Waals surface area contributed by atoms with Crippen molar-refractivity contribution in [2.75, 3.05) is 19.7 Å². The highest BCUT2D eigenvalue weighted by molar-refractivity contribution is 5.81. The van der Waals surface area contributed by atoms with Crippen LogP contribution in [-0.2, 0) is 16.1 Å². The summed E-state index contributed by atoms with van der Waals surface area (Å²) in [6.45, 7) is 7.07. The van der Waals surface area contributed by atoms with Gasteiger partial charge in [0.2, 0.25) is 5.91 Å². The lowest BCUT2D eigenvalue weighted by atomic mass is 10.1. The molecule has 1 aromatic rings. The second-order valence-corrected chi connectivity index (χ2v) is 5.98. The predicted molar refractivity (Wildman–Crippen MR) is 69.8 cm³/mol. The van der Waals surface area contributed by atoms with Crippen LogP contribution in [0.2, 0.25) is 0 Å². The Morgan fingerprint density at radius 3 is 3.00 bits per heavy atom. The Kier molecular flexibility index (Phi) is 2.50. The van der Waals surface area contributed by atoms with Crippen molar-refractivity contribution in [3.8, 4) is 0 Å². The van der Waals surface area contributed by atoms with Crippen molar-refractivity contribution in [1.82, 2.24) is 15.0 Å². The van der Waals surface area contributed by atoms with E-state index in [0.29, 0.717) is 13.0 Å². The lowest BCUT2D eigenvalue weighted by molar-refractivity contribution is -0.136. The summed E-state index contributed by atoms with van der Waals surface area (Å²) in [7, 11) is 0. The van der Waals surface area contributed by atoms with Crippen LogP contribution in [0.5, 0.6) is 0 Å². The number of aryl methyl sites for hydroxylation is 2. The van der Waals surface area contributed by atoms with Gasteiger partial charge in [-0.25, -0.2) is 0 Å². The Balaban J connectivity index is 1.61. The molecule has 3 aliphatic rings.